The van der Waals surface area contributed by atoms with Crippen LogP contribution in [0.5, 0.6) is 0 Å². The molecule has 0 amide bonds. The summed E-state index contributed by atoms with van der Waals surface area (Å²) in [6.07, 6.45) is 1.16. The number of hydrogen-bond donors (Lipinski definition) is 1. The molecular formula is C14H20F3NOS. The molecule has 0 saturated carbocycles. The third-order valence-electron chi connectivity index (χ3n) is 2.44. The predicted molar refractivity (Wildman–Crippen MR) is 75.8 cm³/mol. The van der Waals surface area contributed by atoms with Gasteiger partial charge < -0.3 is 10.1 Å². The zero-order valence-corrected chi connectivity index (χ0v) is 12.5. The predicted octanol–water partition coefficient (Wildman–Crippen LogP) is 4.20. The first-order valence-corrected chi connectivity index (χ1v) is 7.35. The Bertz CT molecular complexity index is 379. The van der Waals surface area contributed by atoms with Gasteiger partial charge in [-0.05, 0) is 56.3 Å². The number of hydrogen-bond acceptors (Lipinski definition) is 3. The summed E-state index contributed by atoms with van der Waals surface area (Å²) < 4.78 is 41.9. The van der Waals surface area contributed by atoms with E-state index in [0.29, 0.717) is 13.2 Å². The molecule has 1 aromatic carbocycles. The van der Waals surface area contributed by atoms with Crippen LogP contribution in [0.3, 0.4) is 0 Å². The summed E-state index contributed by atoms with van der Waals surface area (Å²) in [5, 5.41) is 3.23. The fourth-order valence-corrected chi connectivity index (χ4v) is 2.10. The van der Waals surface area contributed by atoms with Crippen molar-refractivity contribution in [3.63, 3.8) is 0 Å². The second-order valence-corrected chi connectivity index (χ2v) is 5.78. The summed E-state index contributed by atoms with van der Waals surface area (Å²) >= 11 is -0.0899. The van der Waals surface area contributed by atoms with E-state index >= 15 is 0 Å². The highest BCUT2D eigenvalue weighted by Gasteiger charge is 2.28. The van der Waals surface area contributed by atoms with E-state index in [0.717, 1.165) is 18.5 Å². The highest BCUT2D eigenvalue weighted by atomic mass is 32.2. The number of halogens is 3. The van der Waals surface area contributed by atoms with Crippen LogP contribution in [0, 0.1) is 0 Å². The third kappa shape index (κ3) is 8.45. The molecule has 0 unspecified atom stereocenters. The fourth-order valence-electron chi connectivity index (χ4n) is 1.56. The summed E-state index contributed by atoms with van der Waals surface area (Å²) in [5.41, 5.74) is -3.25. The molecular weight excluding hydrogens is 287 g/mol. The van der Waals surface area contributed by atoms with Gasteiger partial charge in [-0.15, -0.1) is 0 Å². The monoisotopic (exact) mass is 307 g/mol. The Morgan fingerprint density at radius 3 is 2.40 bits per heavy atom. The maximum absolute atomic E-state index is 12.2. The zero-order chi connectivity index (χ0) is 15.0. The van der Waals surface area contributed by atoms with Crippen molar-refractivity contribution in [1.29, 1.82) is 0 Å². The van der Waals surface area contributed by atoms with Crippen molar-refractivity contribution >= 4 is 11.8 Å². The molecule has 0 bridgehead atoms. The van der Waals surface area contributed by atoms with E-state index in [4.69, 9.17) is 4.74 Å². The Kier molecular flexibility index (Phi) is 7.40. The molecule has 6 heteroatoms. The molecule has 0 saturated heterocycles. The normalized spacial score (nSPS) is 12.1. The van der Waals surface area contributed by atoms with Crippen LogP contribution >= 0.6 is 11.8 Å². The second-order valence-electron chi connectivity index (χ2n) is 4.64. The average molecular weight is 307 g/mol. The molecule has 0 aliphatic heterocycles. The number of benzene rings is 1. The minimum Gasteiger partial charge on any atom is -0.379 e. The largest absolute Gasteiger partial charge is 0.446 e. The van der Waals surface area contributed by atoms with Crippen molar-refractivity contribution in [2.24, 2.45) is 0 Å². The van der Waals surface area contributed by atoms with Gasteiger partial charge in [-0.1, -0.05) is 12.1 Å². The molecule has 0 aliphatic rings. The summed E-state index contributed by atoms with van der Waals surface area (Å²) in [6.45, 7) is 6.18. The van der Waals surface area contributed by atoms with Gasteiger partial charge in [0.25, 0.3) is 0 Å². The summed E-state index contributed by atoms with van der Waals surface area (Å²) in [4.78, 5) is 0.214. The molecule has 114 valence electrons. The van der Waals surface area contributed by atoms with E-state index < -0.39 is 5.51 Å². The number of alkyl halides is 3. The van der Waals surface area contributed by atoms with E-state index in [-0.39, 0.29) is 22.8 Å². The minimum absolute atomic E-state index is 0.0899. The Labute approximate surface area is 122 Å². The first kappa shape index (κ1) is 17.3. The SMILES string of the molecule is CC(C)OCCCNCc1ccc(SC(F)(F)F)cc1. The van der Waals surface area contributed by atoms with Crippen LogP contribution in [0.2, 0.25) is 0 Å². The molecule has 0 heterocycles. The van der Waals surface area contributed by atoms with Gasteiger partial charge in [0.15, 0.2) is 0 Å². The van der Waals surface area contributed by atoms with Crippen LogP contribution in [0.25, 0.3) is 0 Å². The Morgan fingerprint density at radius 2 is 1.85 bits per heavy atom. The van der Waals surface area contributed by atoms with Gasteiger partial charge in [-0.2, -0.15) is 13.2 Å². The van der Waals surface area contributed by atoms with Crippen LogP contribution < -0.4 is 5.32 Å². The number of ether oxygens (including phenoxy) is 1. The van der Waals surface area contributed by atoms with Crippen molar-refractivity contribution in [2.75, 3.05) is 13.2 Å². The molecule has 0 fully saturated rings. The van der Waals surface area contributed by atoms with Gasteiger partial charge >= 0.3 is 5.51 Å². The molecule has 2 nitrogen and oxygen atoms in total. The van der Waals surface area contributed by atoms with Gasteiger partial charge in [0.2, 0.25) is 0 Å². The van der Waals surface area contributed by atoms with Crippen molar-refractivity contribution in [3.05, 3.63) is 29.8 Å². The van der Waals surface area contributed by atoms with E-state index in [9.17, 15) is 13.2 Å². The molecule has 20 heavy (non-hydrogen) atoms. The van der Waals surface area contributed by atoms with E-state index in [1.165, 1.54) is 12.1 Å². The van der Waals surface area contributed by atoms with Crippen molar-refractivity contribution < 1.29 is 17.9 Å². The Balaban J connectivity index is 2.21. The van der Waals surface area contributed by atoms with E-state index in [1.54, 1.807) is 12.1 Å². The zero-order valence-electron chi connectivity index (χ0n) is 11.7. The lowest BCUT2D eigenvalue weighted by Crippen LogP contribution is -2.17. The Morgan fingerprint density at radius 1 is 1.20 bits per heavy atom. The molecule has 0 aromatic heterocycles. The van der Waals surface area contributed by atoms with Gasteiger partial charge in [-0.25, -0.2) is 0 Å². The van der Waals surface area contributed by atoms with Crippen LogP contribution in [0.15, 0.2) is 29.2 Å². The molecule has 0 radical (unpaired) electrons. The first-order valence-electron chi connectivity index (χ1n) is 6.54. The van der Waals surface area contributed by atoms with Crippen molar-refractivity contribution in [3.8, 4) is 0 Å². The smallest absolute Gasteiger partial charge is 0.379 e. The summed E-state index contributed by atoms with van der Waals surface area (Å²) in [6, 6.07) is 6.42. The minimum atomic E-state index is -4.23. The Hall–Kier alpha value is -0.720. The number of nitrogens with one attached hydrogen (secondary N) is 1. The number of rotatable bonds is 8. The highest BCUT2D eigenvalue weighted by Crippen LogP contribution is 2.36. The van der Waals surface area contributed by atoms with Crippen LogP contribution in [-0.2, 0) is 11.3 Å². The summed E-state index contributed by atoms with van der Waals surface area (Å²) in [5.74, 6) is 0. The maximum Gasteiger partial charge on any atom is 0.446 e. The van der Waals surface area contributed by atoms with Gasteiger partial charge in [0.1, 0.15) is 0 Å². The maximum atomic E-state index is 12.2. The topological polar surface area (TPSA) is 21.3 Å². The first-order chi connectivity index (χ1) is 9.37. The molecule has 0 aliphatic carbocycles. The van der Waals surface area contributed by atoms with Gasteiger partial charge in [0, 0.05) is 18.0 Å². The number of thioether (sulfide) groups is 1. The third-order valence-corrected chi connectivity index (χ3v) is 3.17. The highest BCUT2D eigenvalue weighted by molar-refractivity contribution is 8.00. The molecule has 1 rings (SSSR count). The standard InChI is InChI=1S/C14H20F3NOS/c1-11(2)19-9-3-8-18-10-12-4-6-13(7-5-12)20-14(15,16)17/h4-7,11,18H,3,8-10H2,1-2H3. The van der Waals surface area contributed by atoms with Gasteiger partial charge in [-0.3, -0.25) is 0 Å². The molecule has 0 atom stereocenters. The van der Waals surface area contributed by atoms with Crippen molar-refractivity contribution in [1.82, 2.24) is 5.32 Å². The quantitative estimate of drug-likeness (QED) is 0.574. The average Bonchev–Trinajstić information content (AvgIpc) is 2.33. The second kappa shape index (κ2) is 8.54. The van der Waals surface area contributed by atoms with Crippen LogP contribution in [0.1, 0.15) is 25.8 Å². The molecule has 1 N–H and O–H groups in total. The van der Waals surface area contributed by atoms with Gasteiger partial charge in [0.05, 0.1) is 6.10 Å². The van der Waals surface area contributed by atoms with E-state index in [1.807, 2.05) is 13.8 Å². The lowest BCUT2D eigenvalue weighted by molar-refractivity contribution is -0.0328. The summed E-state index contributed by atoms with van der Waals surface area (Å²) in [7, 11) is 0. The van der Waals surface area contributed by atoms with E-state index in [2.05, 4.69) is 5.32 Å². The lowest BCUT2D eigenvalue weighted by Gasteiger charge is -2.09. The lowest BCUT2D eigenvalue weighted by atomic mass is 10.2. The van der Waals surface area contributed by atoms with Crippen LogP contribution in [0.4, 0.5) is 13.2 Å². The molecule has 0 spiro atoms. The van der Waals surface area contributed by atoms with Crippen LogP contribution in [-0.4, -0.2) is 24.8 Å². The van der Waals surface area contributed by atoms with Crippen molar-refractivity contribution in [2.45, 2.75) is 43.3 Å². The molecule has 1 aromatic rings. The fraction of sp³-hybridized carbons (Fsp3) is 0.571.